The van der Waals surface area contributed by atoms with Gasteiger partial charge in [-0.15, -0.1) is 11.3 Å². The lowest BCUT2D eigenvalue weighted by molar-refractivity contribution is -0.140. The van der Waals surface area contributed by atoms with E-state index < -0.39 is 28.1 Å². The molecular formula is C9H9Cl2NO5S2. The lowest BCUT2D eigenvalue weighted by Gasteiger charge is -2.20. The number of β-amino-alcohol motifs (C(OH)–C–C–N with tert-alkyl or cyclic N) is 1. The van der Waals surface area contributed by atoms with Crippen molar-refractivity contribution in [3.8, 4) is 0 Å². The van der Waals surface area contributed by atoms with E-state index in [1.807, 2.05) is 0 Å². The Labute approximate surface area is 123 Å². The Kier molecular flexibility index (Phi) is 4.10. The highest BCUT2D eigenvalue weighted by molar-refractivity contribution is 7.89. The fourth-order valence-electron chi connectivity index (χ4n) is 1.90. The molecule has 2 N–H and O–H groups in total. The Morgan fingerprint density at radius 3 is 2.58 bits per heavy atom. The van der Waals surface area contributed by atoms with Crippen LogP contribution in [0.25, 0.3) is 0 Å². The Hall–Kier alpha value is -0.380. The molecule has 0 aromatic carbocycles. The number of aliphatic hydroxyl groups excluding tert-OH is 1. The largest absolute Gasteiger partial charge is 0.480 e. The van der Waals surface area contributed by atoms with Crippen LogP contribution in [0.1, 0.15) is 6.42 Å². The summed E-state index contributed by atoms with van der Waals surface area (Å²) in [4.78, 5) is 10.8. The van der Waals surface area contributed by atoms with Crippen molar-refractivity contribution in [1.29, 1.82) is 0 Å². The van der Waals surface area contributed by atoms with Crippen molar-refractivity contribution in [1.82, 2.24) is 4.31 Å². The van der Waals surface area contributed by atoms with Gasteiger partial charge in [0.15, 0.2) is 0 Å². The van der Waals surface area contributed by atoms with Crippen molar-refractivity contribution in [2.45, 2.75) is 23.5 Å². The monoisotopic (exact) mass is 345 g/mol. The van der Waals surface area contributed by atoms with Gasteiger partial charge in [0.05, 0.1) is 10.4 Å². The molecule has 0 spiro atoms. The summed E-state index contributed by atoms with van der Waals surface area (Å²) in [7, 11) is -4.09. The second kappa shape index (κ2) is 5.19. The summed E-state index contributed by atoms with van der Waals surface area (Å²) in [5.74, 6) is -1.31. The van der Waals surface area contributed by atoms with Crippen LogP contribution in [0.5, 0.6) is 0 Å². The lowest BCUT2D eigenvalue weighted by atomic mass is 10.2. The maximum absolute atomic E-state index is 12.3. The fourth-order valence-corrected chi connectivity index (χ4v) is 5.65. The third-order valence-corrected chi connectivity index (χ3v) is 6.36. The highest BCUT2D eigenvalue weighted by Gasteiger charge is 2.44. The van der Waals surface area contributed by atoms with Crippen LogP contribution in [0.15, 0.2) is 11.0 Å². The van der Waals surface area contributed by atoms with Crippen LogP contribution in [-0.2, 0) is 14.8 Å². The summed E-state index contributed by atoms with van der Waals surface area (Å²) >= 11 is 12.4. The van der Waals surface area contributed by atoms with Gasteiger partial charge in [0.25, 0.3) is 0 Å². The van der Waals surface area contributed by atoms with Gasteiger partial charge in [0, 0.05) is 13.0 Å². The molecule has 1 aromatic heterocycles. The number of nitrogens with zero attached hydrogens (tertiary/aromatic N) is 1. The predicted molar refractivity (Wildman–Crippen MR) is 70.3 cm³/mol. The summed E-state index contributed by atoms with van der Waals surface area (Å²) in [6.07, 6.45) is -1.16. The van der Waals surface area contributed by atoms with Gasteiger partial charge < -0.3 is 10.2 Å². The van der Waals surface area contributed by atoms with Crippen molar-refractivity contribution in [3.63, 3.8) is 0 Å². The smallest absolute Gasteiger partial charge is 0.322 e. The van der Waals surface area contributed by atoms with Gasteiger partial charge in [-0.05, 0) is 6.07 Å². The number of hydrogen-bond acceptors (Lipinski definition) is 5. The minimum atomic E-state index is -4.09. The molecule has 0 radical (unpaired) electrons. The minimum absolute atomic E-state index is 0.0319. The number of hydrogen-bond donors (Lipinski definition) is 2. The molecular weight excluding hydrogens is 337 g/mol. The van der Waals surface area contributed by atoms with E-state index in [0.717, 1.165) is 15.6 Å². The number of carbonyl (C=O) groups is 1. The summed E-state index contributed by atoms with van der Waals surface area (Å²) in [5, 5.41) is 18.5. The normalized spacial score (nSPS) is 24.8. The first-order valence-electron chi connectivity index (χ1n) is 5.11. The predicted octanol–water partition coefficient (Wildman–Crippen LogP) is 1.26. The average molecular weight is 346 g/mol. The maximum Gasteiger partial charge on any atom is 0.322 e. The third kappa shape index (κ3) is 2.74. The lowest BCUT2D eigenvalue weighted by Crippen LogP contribution is -2.40. The zero-order valence-electron chi connectivity index (χ0n) is 9.29. The van der Waals surface area contributed by atoms with Gasteiger partial charge >= 0.3 is 5.97 Å². The van der Waals surface area contributed by atoms with Gasteiger partial charge in [-0.2, -0.15) is 4.31 Å². The molecule has 2 rings (SSSR count). The van der Waals surface area contributed by atoms with Crippen LogP contribution in [0.4, 0.5) is 0 Å². The number of halogens is 2. The molecule has 1 saturated heterocycles. The van der Waals surface area contributed by atoms with Crippen molar-refractivity contribution >= 4 is 50.5 Å². The summed E-state index contributed by atoms with van der Waals surface area (Å²) in [6.45, 7) is -0.275. The van der Waals surface area contributed by atoms with Gasteiger partial charge in [-0.25, -0.2) is 8.42 Å². The van der Waals surface area contributed by atoms with Gasteiger partial charge in [0.1, 0.15) is 15.3 Å². The highest BCUT2D eigenvalue weighted by atomic mass is 35.5. The molecule has 106 valence electrons. The molecule has 6 nitrogen and oxygen atoms in total. The van der Waals surface area contributed by atoms with E-state index in [2.05, 4.69) is 0 Å². The van der Waals surface area contributed by atoms with E-state index >= 15 is 0 Å². The van der Waals surface area contributed by atoms with E-state index in [1.165, 1.54) is 6.07 Å². The summed E-state index contributed by atoms with van der Waals surface area (Å²) < 4.78 is 25.6. The van der Waals surface area contributed by atoms with Crippen LogP contribution in [0.2, 0.25) is 8.67 Å². The topological polar surface area (TPSA) is 94.9 Å². The molecule has 0 aliphatic carbocycles. The summed E-state index contributed by atoms with van der Waals surface area (Å²) in [5.41, 5.74) is 0. The number of thiophene rings is 1. The minimum Gasteiger partial charge on any atom is -0.480 e. The molecule has 1 fully saturated rings. The second-order valence-corrected chi connectivity index (χ2v) is 8.15. The number of aliphatic carboxylic acids is 1. The quantitative estimate of drug-likeness (QED) is 0.859. The summed E-state index contributed by atoms with van der Waals surface area (Å²) in [6, 6.07) is -0.122. The molecule has 10 heteroatoms. The Morgan fingerprint density at radius 2 is 2.11 bits per heavy atom. The molecule has 19 heavy (non-hydrogen) atoms. The van der Waals surface area contributed by atoms with Crippen LogP contribution < -0.4 is 0 Å². The van der Waals surface area contributed by atoms with E-state index in [0.29, 0.717) is 0 Å². The molecule has 1 aliphatic rings. The standard InChI is InChI=1S/C9H9Cl2NO5S2/c10-7-2-6(8(11)18-7)19(16,17)12-3-4(13)1-5(12)9(14)15/h2,4-5,13H,1,3H2,(H,14,15). The number of rotatable bonds is 3. The number of sulfonamides is 1. The van der Waals surface area contributed by atoms with Crippen molar-refractivity contribution in [3.05, 3.63) is 14.7 Å². The molecule has 0 amide bonds. The van der Waals surface area contributed by atoms with Crippen LogP contribution >= 0.6 is 34.5 Å². The number of carboxylic acid groups (broad SMARTS) is 1. The first kappa shape index (κ1) is 15.0. The van der Waals surface area contributed by atoms with Crippen LogP contribution in [-0.4, -0.2) is 47.6 Å². The first-order valence-corrected chi connectivity index (χ1v) is 8.12. The zero-order chi connectivity index (χ0) is 14.4. The van der Waals surface area contributed by atoms with Crippen molar-refractivity contribution in [2.24, 2.45) is 0 Å². The first-order chi connectivity index (χ1) is 8.73. The zero-order valence-corrected chi connectivity index (χ0v) is 12.4. The Bertz CT molecular complexity index is 614. The maximum atomic E-state index is 12.3. The SMILES string of the molecule is O=C(O)C1CC(O)CN1S(=O)(=O)c1cc(Cl)sc1Cl. The van der Waals surface area contributed by atoms with Gasteiger partial charge in [-0.3, -0.25) is 4.79 Å². The third-order valence-electron chi connectivity index (χ3n) is 2.73. The Balaban J connectivity index is 2.44. The van der Waals surface area contributed by atoms with E-state index in [4.69, 9.17) is 28.3 Å². The number of aliphatic hydroxyl groups is 1. The Morgan fingerprint density at radius 1 is 1.47 bits per heavy atom. The molecule has 2 unspecified atom stereocenters. The van der Waals surface area contributed by atoms with E-state index in [1.54, 1.807) is 0 Å². The second-order valence-electron chi connectivity index (χ2n) is 4.01. The average Bonchev–Trinajstić information content (AvgIpc) is 2.82. The fraction of sp³-hybridized carbons (Fsp3) is 0.444. The molecule has 2 atom stereocenters. The van der Waals surface area contributed by atoms with Crippen LogP contribution in [0.3, 0.4) is 0 Å². The molecule has 0 bridgehead atoms. The molecule has 0 saturated carbocycles. The number of carboxylic acids is 1. The van der Waals surface area contributed by atoms with Gasteiger partial charge in [0.2, 0.25) is 10.0 Å². The highest BCUT2D eigenvalue weighted by Crippen LogP contribution is 2.37. The molecule has 1 aromatic rings. The van der Waals surface area contributed by atoms with E-state index in [-0.39, 0.29) is 26.5 Å². The van der Waals surface area contributed by atoms with Crippen molar-refractivity contribution < 1.29 is 23.4 Å². The molecule has 1 aliphatic heterocycles. The van der Waals surface area contributed by atoms with Crippen molar-refractivity contribution in [2.75, 3.05) is 6.54 Å². The molecule has 2 heterocycles. The van der Waals surface area contributed by atoms with Crippen LogP contribution in [0, 0.1) is 0 Å². The van der Waals surface area contributed by atoms with E-state index in [9.17, 15) is 18.3 Å². The van der Waals surface area contributed by atoms with Gasteiger partial charge in [-0.1, -0.05) is 23.2 Å².